The first-order chi connectivity index (χ1) is 11.1. The van der Waals surface area contributed by atoms with Gasteiger partial charge >= 0.3 is 5.15 Å². The Morgan fingerprint density at radius 2 is 1.58 bits per heavy atom. The van der Waals surface area contributed by atoms with Crippen molar-refractivity contribution >= 4 is 23.5 Å². The standard InChI is InChI=1S/C15H17ClN3.ClHO4/c1-12-5-4-6-15(16)19(12)17-11-13-7-9-14(10-8-13)18(2)3;2-1(3,4)5/h4-11H,1-3H3;(H,2,3,4,5)/q+1;/p-1/b17-11+;. The van der Waals surface area contributed by atoms with Gasteiger partial charge in [0, 0.05) is 38.8 Å². The van der Waals surface area contributed by atoms with E-state index < -0.39 is 10.2 Å². The van der Waals surface area contributed by atoms with Gasteiger partial charge in [0.25, 0.3) is 0 Å². The molecule has 2 rings (SSSR count). The van der Waals surface area contributed by atoms with Crippen molar-refractivity contribution < 1.29 is 33.6 Å². The molecule has 130 valence electrons. The Morgan fingerprint density at radius 3 is 2.04 bits per heavy atom. The van der Waals surface area contributed by atoms with Crippen molar-refractivity contribution in [1.29, 1.82) is 0 Å². The van der Waals surface area contributed by atoms with Crippen LogP contribution in [-0.4, -0.2) is 20.3 Å². The summed E-state index contributed by atoms with van der Waals surface area (Å²) in [7, 11) is -0.905. The first kappa shape index (κ1) is 20.3. The van der Waals surface area contributed by atoms with Gasteiger partial charge < -0.3 is 4.90 Å². The summed E-state index contributed by atoms with van der Waals surface area (Å²) >= 11 is 6.11. The predicted molar refractivity (Wildman–Crippen MR) is 80.1 cm³/mol. The number of hydrogen-bond donors (Lipinski definition) is 0. The number of pyridine rings is 1. The molecule has 7 nitrogen and oxygen atoms in total. The lowest BCUT2D eigenvalue weighted by Gasteiger charge is -2.17. The molecule has 0 bridgehead atoms. The summed E-state index contributed by atoms with van der Waals surface area (Å²) in [5.41, 5.74) is 3.20. The summed E-state index contributed by atoms with van der Waals surface area (Å²) in [6.45, 7) is 1.97. The fourth-order valence-corrected chi connectivity index (χ4v) is 1.96. The molecule has 1 aromatic heterocycles. The third kappa shape index (κ3) is 7.69. The topological polar surface area (TPSA) is 112 Å². The lowest BCUT2D eigenvalue weighted by Crippen LogP contribution is -2.68. The Hall–Kier alpha value is -1.74. The van der Waals surface area contributed by atoms with Crippen molar-refractivity contribution in [3.8, 4) is 0 Å². The molecule has 0 aliphatic heterocycles. The molecule has 0 radical (unpaired) electrons. The van der Waals surface area contributed by atoms with Gasteiger partial charge in [-0.1, -0.05) is 12.1 Å². The lowest BCUT2D eigenvalue weighted by atomic mass is 10.2. The second-order valence-electron chi connectivity index (χ2n) is 4.91. The number of benzene rings is 1. The van der Waals surface area contributed by atoms with Crippen LogP contribution in [0.4, 0.5) is 5.69 Å². The van der Waals surface area contributed by atoms with Gasteiger partial charge in [0.05, 0.1) is 0 Å². The van der Waals surface area contributed by atoms with Crippen LogP contribution in [0.3, 0.4) is 0 Å². The van der Waals surface area contributed by atoms with Gasteiger partial charge in [-0.15, -0.1) is 10.2 Å². The van der Waals surface area contributed by atoms with Crippen LogP contribution in [-0.2, 0) is 0 Å². The summed E-state index contributed by atoms with van der Waals surface area (Å²) in [6, 6.07) is 13.9. The van der Waals surface area contributed by atoms with Crippen LogP contribution in [0.2, 0.25) is 5.15 Å². The first-order valence-electron chi connectivity index (χ1n) is 6.68. The summed E-state index contributed by atoms with van der Waals surface area (Å²) in [5, 5.41) is 4.99. The fraction of sp³-hybridized carbons (Fsp3) is 0.200. The van der Waals surface area contributed by atoms with Gasteiger partial charge in [-0.25, -0.2) is 18.6 Å². The van der Waals surface area contributed by atoms with E-state index in [9.17, 15) is 0 Å². The Labute approximate surface area is 147 Å². The zero-order chi connectivity index (χ0) is 18.3. The van der Waals surface area contributed by atoms with E-state index >= 15 is 0 Å². The summed E-state index contributed by atoms with van der Waals surface area (Å²) in [4.78, 5) is 2.06. The van der Waals surface area contributed by atoms with E-state index in [0.717, 1.165) is 11.3 Å². The summed E-state index contributed by atoms with van der Waals surface area (Å²) in [6.07, 6.45) is 1.80. The molecule has 0 atom stereocenters. The van der Waals surface area contributed by atoms with Gasteiger partial charge in [-0.2, -0.15) is 0 Å². The van der Waals surface area contributed by atoms with Crippen molar-refractivity contribution in [3.63, 3.8) is 0 Å². The molecule has 1 aromatic carbocycles. The highest BCUT2D eigenvalue weighted by Crippen LogP contribution is 2.11. The monoisotopic (exact) mass is 373 g/mol. The Bertz CT molecular complexity index is 660. The van der Waals surface area contributed by atoms with Crippen LogP contribution in [0.5, 0.6) is 0 Å². The SMILES string of the molecule is Cc1cccc(Cl)[n+]1/N=C/c1ccc(N(C)C)cc1.[O-][Cl+3]([O-])([O-])[O-]. The molecule has 0 unspecified atom stereocenters. The minimum Gasteiger partial charge on any atom is -0.378 e. The number of aryl methyl sites for hydroxylation is 1. The van der Waals surface area contributed by atoms with Crippen LogP contribution >= 0.6 is 11.6 Å². The molecule has 0 amide bonds. The normalized spacial score (nSPS) is 11.2. The van der Waals surface area contributed by atoms with Crippen molar-refractivity contribution in [3.05, 3.63) is 58.9 Å². The molecule has 0 aliphatic rings. The lowest BCUT2D eigenvalue weighted by molar-refractivity contribution is -2.00. The van der Waals surface area contributed by atoms with Crippen LogP contribution < -0.4 is 28.2 Å². The number of nitrogens with zero attached hydrogens (tertiary/aromatic N) is 3. The van der Waals surface area contributed by atoms with Crippen LogP contribution in [0.25, 0.3) is 0 Å². The number of rotatable bonds is 3. The van der Waals surface area contributed by atoms with Gasteiger partial charge in [-0.3, -0.25) is 0 Å². The minimum atomic E-state index is -4.94. The highest BCUT2D eigenvalue weighted by Gasteiger charge is 2.09. The average molecular weight is 374 g/mol. The van der Waals surface area contributed by atoms with Crippen molar-refractivity contribution in [2.75, 3.05) is 19.0 Å². The van der Waals surface area contributed by atoms with E-state index in [2.05, 4.69) is 22.1 Å². The van der Waals surface area contributed by atoms with Gasteiger partial charge in [0.15, 0.2) is 0 Å². The maximum atomic E-state index is 8.49. The number of anilines is 1. The quantitative estimate of drug-likeness (QED) is 0.355. The molecule has 0 N–H and O–H groups in total. The molecule has 24 heavy (non-hydrogen) atoms. The predicted octanol–water partition coefficient (Wildman–Crippen LogP) is -1.87. The van der Waals surface area contributed by atoms with Crippen LogP contribution in [0, 0.1) is 17.2 Å². The molecule has 1 heterocycles. The second kappa shape index (κ2) is 8.93. The molecule has 0 saturated heterocycles. The summed E-state index contributed by atoms with van der Waals surface area (Å²) in [5.74, 6) is 0. The van der Waals surface area contributed by atoms with Crippen LogP contribution in [0.1, 0.15) is 11.3 Å². The van der Waals surface area contributed by atoms with Crippen LogP contribution in [0.15, 0.2) is 47.6 Å². The minimum absolute atomic E-state index is 0.598. The van der Waals surface area contributed by atoms with E-state index in [4.69, 9.17) is 30.2 Å². The number of hydrogen-bond acceptors (Lipinski definition) is 6. The number of aromatic nitrogens is 1. The third-order valence-corrected chi connectivity index (χ3v) is 3.13. The zero-order valence-electron chi connectivity index (χ0n) is 13.3. The largest absolute Gasteiger partial charge is 0.378 e. The molecule has 0 fully saturated rings. The third-order valence-electron chi connectivity index (χ3n) is 2.84. The Morgan fingerprint density at radius 1 is 1.04 bits per heavy atom. The maximum Gasteiger partial charge on any atom is 0.306 e. The maximum absolute atomic E-state index is 8.49. The van der Waals surface area contributed by atoms with E-state index in [1.54, 1.807) is 10.9 Å². The Kier molecular flexibility index (Phi) is 7.56. The molecular weight excluding hydrogens is 357 g/mol. The van der Waals surface area contributed by atoms with Gasteiger partial charge in [0.2, 0.25) is 5.69 Å². The highest BCUT2D eigenvalue weighted by atomic mass is 35.7. The molecule has 0 saturated carbocycles. The van der Waals surface area contributed by atoms with E-state index in [0.29, 0.717) is 5.15 Å². The average Bonchev–Trinajstić information content (AvgIpc) is 2.45. The smallest absolute Gasteiger partial charge is 0.306 e. The van der Waals surface area contributed by atoms with Crippen molar-refractivity contribution in [2.45, 2.75) is 6.92 Å². The first-order valence-corrected chi connectivity index (χ1v) is 8.30. The fourth-order valence-electron chi connectivity index (χ4n) is 1.71. The number of halogens is 2. The summed E-state index contributed by atoms with van der Waals surface area (Å²) < 4.78 is 35.7. The van der Waals surface area contributed by atoms with Gasteiger partial charge in [0.1, 0.15) is 6.21 Å². The van der Waals surface area contributed by atoms with Crippen molar-refractivity contribution in [1.82, 2.24) is 0 Å². The molecule has 9 heteroatoms. The van der Waals surface area contributed by atoms with Crippen molar-refractivity contribution in [2.24, 2.45) is 5.10 Å². The molecule has 0 aliphatic carbocycles. The van der Waals surface area contributed by atoms with E-state index in [1.165, 1.54) is 5.69 Å². The second-order valence-corrected chi connectivity index (χ2v) is 6.05. The molecule has 0 spiro atoms. The molecular formula is C15H17Cl2N3O4. The van der Waals surface area contributed by atoms with Gasteiger partial charge in [-0.05, 0) is 45.1 Å². The van der Waals surface area contributed by atoms with E-state index in [1.807, 2.05) is 51.4 Å². The van der Waals surface area contributed by atoms with E-state index in [-0.39, 0.29) is 0 Å². The Balaban J connectivity index is 0.000000505. The highest BCUT2D eigenvalue weighted by molar-refractivity contribution is 6.28. The zero-order valence-corrected chi connectivity index (χ0v) is 14.9. The molecule has 2 aromatic rings.